The fourth-order valence-electron chi connectivity index (χ4n) is 1.76. The second kappa shape index (κ2) is 9.29. The summed E-state index contributed by atoms with van der Waals surface area (Å²) in [7, 11) is 1.71. The van der Waals surface area contributed by atoms with Gasteiger partial charge >= 0.3 is 0 Å². The first kappa shape index (κ1) is 15.4. The SMILES string of the molecule is CCCNC(C)CCCSc1cccc(OC)c1. The maximum atomic E-state index is 5.22. The van der Waals surface area contributed by atoms with E-state index in [0.717, 1.165) is 12.3 Å². The van der Waals surface area contributed by atoms with Crippen molar-refractivity contribution in [2.45, 2.75) is 44.0 Å². The van der Waals surface area contributed by atoms with E-state index in [1.165, 1.54) is 29.9 Å². The Kier molecular flexibility index (Phi) is 7.94. The molecular weight excluding hydrogens is 242 g/mol. The van der Waals surface area contributed by atoms with Crippen LogP contribution in [0.25, 0.3) is 0 Å². The number of rotatable bonds is 9. The highest BCUT2D eigenvalue weighted by molar-refractivity contribution is 7.99. The summed E-state index contributed by atoms with van der Waals surface area (Å²) in [6.07, 6.45) is 3.71. The lowest BCUT2D eigenvalue weighted by atomic mass is 10.2. The molecule has 0 bridgehead atoms. The van der Waals surface area contributed by atoms with E-state index < -0.39 is 0 Å². The highest BCUT2D eigenvalue weighted by atomic mass is 32.2. The standard InChI is InChI=1S/C15H25NOS/c1-4-10-16-13(2)7-6-11-18-15-9-5-8-14(12-15)17-3/h5,8-9,12-13,16H,4,6-7,10-11H2,1-3H3. The first-order valence-corrected chi connectivity index (χ1v) is 7.75. The molecule has 3 heteroatoms. The molecule has 0 aliphatic carbocycles. The number of nitrogens with one attached hydrogen (secondary N) is 1. The molecule has 0 saturated carbocycles. The zero-order valence-electron chi connectivity index (χ0n) is 11.7. The van der Waals surface area contributed by atoms with E-state index >= 15 is 0 Å². The van der Waals surface area contributed by atoms with Crippen LogP contribution in [-0.4, -0.2) is 25.4 Å². The van der Waals surface area contributed by atoms with Gasteiger partial charge in [-0.15, -0.1) is 11.8 Å². The quantitative estimate of drug-likeness (QED) is 0.540. The molecule has 1 aromatic rings. The van der Waals surface area contributed by atoms with Gasteiger partial charge in [0.05, 0.1) is 7.11 Å². The third kappa shape index (κ3) is 6.31. The second-order valence-corrected chi connectivity index (χ2v) is 5.69. The molecule has 1 atom stereocenters. The Morgan fingerprint density at radius 1 is 1.39 bits per heavy atom. The van der Waals surface area contributed by atoms with Gasteiger partial charge in [0.15, 0.2) is 0 Å². The molecule has 102 valence electrons. The summed E-state index contributed by atoms with van der Waals surface area (Å²) in [6.45, 7) is 5.61. The highest BCUT2D eigenvalue weighted by Crippen LogP contribution is 2.23. The molecule has 0 amide bonds. The van der Waals surface area contributed by atoms with Crippen molar-refractivity contribution >= 4 is 11.8 Å². The Hall–Kier alpha value is -0.670. The first-order chi connectivity index (χ1) is 8.76. The molecule has 0 radical (unpaired) electrons. The lowest BCUT2D eigenvalue weighted by Gasteiger charge is -2.12. The van der Waals surface area contributed by atoms with Crippen LogP contribution in [0.1, 0.15) is 33.1 Å². The zero-order valence-corrected chi connectivity index (χ0v) is 12.6. The summed E-state index contributed by atoms with van der Waals surface area (Å²) < 4.78 is 5.22. The molecule has 0 aliphatic rings. The van der Waals surface area contributed by atoms with Gasteiger partial charge in [-0.2, -0.15) is 0 Å². The number of methoxy groups -OCH3 is 1. The first-order valence-electron chi connectivity index (χ1n) is 6.76. The van der Waals surface area contributed by atoms with Crippen molar-refractivity contribution in [1.29, 1.82) is 0 Å². The Balaban J connectivity index is 2.17. The van der Waals surface area contributed by atoms with Crippen molar-refractivity contribution < 1.29 is 4.74 Å². The third-order valence-electron chi connectivity index (χ3n) is 2.83. The Labute approximate surface area is 116 Å². The lowest BCUT2D eigenvalue weighted by molar-refractivity contribution is 0.413. The molecular formula is C15H25NOS. The van der Waals surface area contributed by atoms with Gasteiger partial charge in [-0.05, 0) is 56.7 Å². The van der Waals surface area contributed by atoms with E-state index in [9.17, 15) is 0 Å². The van der Waals surface area contributed by atoms with E-state index in [4.69, 9.17) is 4.74 Å². The van der Waals surface area contributed by atoms with Crippen molar-refractivity contribution in [3.8, 4) is 5.75 Å². The molecule has 0 fully saturated rings. The minimum atomic E-state index is 0.635. The summed E-state index contributed by atoms with van der Waals surface area (Å²) in [5.74, 6) is 2.11. The van der Waals surface area contributed by atoms with Crippen LogP contribution in [0.3, 0.4) is 0 Å². The molecule has 0 spiro atoms. The summed E-state index contributed by atoms with van der Waals surface area (Å²) in [5, 5.41) is 3.52. The van der Waals surface area contributed by atoms with Gasteiger partial charge < -0.3 is 10.1 Å². The minimum absolute atomic E-state index is 0.635. The molecule has 18 heavy (non-hydrogen) atoms. The molecule has 0 saturated heterocycles. The Bertz CT molecular complexity index is 330. The van der Waals surface area contributed by atoms with Crippen LogP contribution in [-0.2, 0) is 0 Å². The maximum absolute atomic E-state index is 5.22. The molecule has 1 N–H and O–H groups in total. The van der Waals surface area contributed by atoms with Crippen molar-refractivity contribution in [2.24, 2.45) is 0 Å². The number of thioether (sulfide) groups is 1. The zero-order chi connectivity index (χ0) is 13.2. The van der Waals surface area contributed by atoms with Gasteiger partial charge in [0.2, 0.25) is 0 Å². The van der Waals surface area contributed by atoms with Gasteiger partial charge in [0.25, 0.3) is 0 Å². The largest absolute Gasteiger partial charge is 0.497 e. The molecule has 1 rings (SSSR count). The second-order valence-electron chi connectivity index (χ2n) is 4.52. The average Bonchev–Trinajstić information content (AvgIpc) is 2.41. The number of ether oxygens (including phenoxy) is 1. The predicted octanol–water partition coefficient (Wildman–Crippen LogP) is 3.96. The predicted molar refractivity (Wildman–Crippen MR) is 80.7 cm³/mol. The summed E-state index contributed by atoms with van der Waals surface area (Å²) in [6, 6.07) is 8.92. The van der Waals surface area contributed by atoms with Crippen LogP contribution >= 0.6 is 11.8 Å². The minimum Gasteiger partial charge on any atom is -0.497 e. The van der Waals surface area contributed by atoms with Crippen molar-refractivity contribution in [3.05, 3.63) is 24.3 Å². The Morgan fingerprint density at radius 3 is 2.94 bits per heavy atom. The molecule has 0 aliphatic heterocycles. The maximum Gasteiger partial charge on any atom is 0.119 e. The topological polar surface area (TPSA) is 21.3 Å². The van der Waals surface area contributed by atoms with Crippen molar-refractivity contribution in [3.63, 3.8) is 0 Å². The van der Waals surface area contributed by atoms with Crippen LogP contribution in [0.5, 0.6) is 5.75 Å². The van der Waals surface area contributed by atoms with Crippen LogP contribution in [0.4, 0.5) is 0 Å². The Morgan fingerprint density at radius 2 is 2.22 bits per heavy atom. The van der Waals surface area contributed by atoms with Gasteiger partial charge in [-0.3, -0.25) is 0 Å². The molecule has 0 aromatic heterocycles. The smallest absolute Gasteiger partial charge is 0.119 e. The number of benzene rings is 1. The van der Waals surface area contributed by atoms with E-state index in [-0.39, 0.29) is 0 Å². The van der Waals surface area contributed by atoms with Gasteiger partial charge in [0, 0.05) is 10.9 Å². The van der Waals surface area contributed by atoms with Gasteiger partial charge in [-0.1, -0.05) is 13.0 Å². The fourth-order valence-corrected chi connectivity index (χ4v) is 2.68. The molecule has 1 unspecified atom stereocenters. The van der Waals surface area contributed by atoms with Crippen LogP contribution in [0, 0.1) is 0 Å². The summed E-state index contributed by atoms with van der Waals surface area (Å²) in [5.41, 5.74) is 0. The highest BCUT2D eigenvalue weighted by Gasteiger charge is 2.01. The van der Waals surface area contributed by atoms with Crippen LogP contribution in [0.2, 0.25) is 0 Å². The van der Waals surface area contributed by atoms with Crippen molar-refractivity contribution in [1.82, 2.24) is 5.32 Å². The normalized spacial score (nSPS) is 12.4. The molecule has 0 heterocycles. The van der Waals surface area contributed by atoms with E-state index in [1.54, 1.807) is 7.11 Å². The van der Waals surface area contributed by atoms with Crippen LogP contribution in [0.15, 0.2) is 29.2 Å². The average molecular weight is 267 g/mol. The van der Waals surface area contributed by atoms with Gasteiger partial charge in [-0.25, -0.2) is 0 Å². The number of hydrogen-bond donors (Lipinski definition) is 1. The lowest BCUT2D eigenvalue weighted by Crippen LogP contribution is -2.26. The fraction of sp³-hybridized carbons (Fsp3) is 0.600. The summed E-state index contributed by atoms with van der Waals surface area (Å²) in [4.78, 5) is 1.29. The number of hydrogen-bond acceptors (Lipinski definition) is 3. The molecule has 1 aromatic carbocycles. The van der Waals surface area contributed by atoms with E-state index in [1.807, 2.05) is 23.9 Å². The monoisotopic (exact) mass is 267 g/mol. The van der Waals surface area contributed by atoms with E-state index in [0.29, 0.717) is 6.04 Å². The third-order valence-corrected chi connectivity index (χ3v) is 3.91. The van der Waals surface area contributed by atoms with Gasteiger partial charge in [0.1, 0.15) is 5.75 Å². The van der Waals surface area contributed by atoms with E-state index in [2.05, 4.69) is 31.3 Å². The van der Waals surface area contributed by atoms with Crippen molar-refractivity contribution in [2.75, 3.05) is 19.4 Å². The summed E-state index contributed by atoms with van der Waals surface area (Å²) >= 11 is 1.91. The van der Waals surface area contributed by atoms with Crippen LogP contribution < -0.4 is 10.1 Å². The molecule has 2 nitrogen and oxygen atoms in total.